The Kier molecular flexibility index (Phi) is 4.90. The summed E-state index contributed by atoms with van der Waals surface area (Å²) in [6, 6.07) is 1.88. The number of aromatic nitrogens is 6. The van der Waals surface area contributed by atoms with E-state index in [1.54, 1.807) is 32.4 Å². The van der Waals surface area contributed by atoms with E-state index in [1.165, 1.54) is 4.57 Å². The van der Waals surface area contributed by atoms with Crippen LogP contribution in [0.25, 0.3) is 11.2 Å². The smallest absolute Gasteiger partial charge is 0.324 e. The largest absolute Gasteiger partial charge is 0.390 e. The molecule has 4 heterocycles. The summed E-state index contributed by atoms with van der Waals surface area (Å²) in [5.41, 5.74) is 0.461. The first-order valence-corrected chi connectivity index (χ1v) is 8.96. The van der Waals surface area contributed by atoms with E-state index in [9.17, 15) is 4.79 Å². The van der Waals surface area contributed by atoms with Crippen molar-refractivity contribution < 1.29 is 4.74 Å². The summed E-state index contributed by atoms with van der Waals surface area (Å²) in [5.74, 6) is 6.60. The van der Waals surface area contributed by atoms with Gasteiger partial charge >= 0.3 is 12.0 Å². The third-order valence-electron chi connectivity index (χ3n) is 4.46. The van der Waals surface area contributed by atoms with Crippen LogP contribution < -0.4 is 20.5 Å². The van der Waals surface area contributed by atoms with Crippen LogP contribution in [-0.4, -0.2) is 55.2 Å². The van der Waals surface area contributed by atoms with Crippen molar-refractivity contribution in [2.45, 2.75) is 13.5 Å². The molecule has 10 heteroatoms. The summed E-state index contributed by atoms with van der Waals surface area (Å²) in [6.45, 7) is 5.44. The minimum atomic E-state index is -0.261. The van der Waals surface area contributed by atoms with E-state index < -0.39 is 0 Å². The standard InChI is InChI=1S/C18H20N8O2/c1-3-4-10-26-13-14(22-17(26)25-11-8-19-9-12-25)23-18(24(2)15(13)27)28-16-20-6-5-7-21-16/h5-7,19H,8-12H2,1-2H3. The molecular formula is C18H20N8O2. The van der Waals surface area contributed by atoms with Crippen LogP contribution in [0, 0.1) is 11.8 Å². The maximum absolute atomic E-state index is 13.1. The molecule has 0 spiro atoms. The molecule has 3 aromatic heterocycles. The number of piperazine rings is 1. The predicted molar refractivity (Wildman–Crippen MR) is 103 cm³/mol. The van der Waals surface area contributed by atoms with Crippen molar-refractivity contribution in [2.24, 2.45) is 7.05 Å². The normalized spacial score (nSPS) is 14.0. The van der Waals surface area contributed by atoms with Gasteiger partial charge < -0.3 is 15.0 Å². The lowest BCUT2D eigenvalue weighted by atomic mass is 10.4. The molecule has 3 aromatic rings. The summed E-state index contributed by atoms with van der Waals surface area (Å²) in [6.07, 6.45) is 3.11. The molecule has 10 nitrogen and oxygen atoms in total. The number of hydrogen-bond acceptors (Lipinski definition) is 8. The summed E-state index contributed by atoms with van der Waals surface area (Å²) in [7, 11) is 1.60. The Hall–Kier alpha value is -3.45. The average molecular weight is 380 g/mol. The van der Waals surface area contributed by atoms with Crippen molar-refractivity contribution in [1.29, 1.82) is 0 Å². The van der Waals surface area contributed by atoms with Gasteiger partial charge in [0.05, 0.1) is 6.54 Å². The molecule has 0 unspecified atom stereocenters. The number of fused-ring (bicyclic) bond motifs is 1. The topological polar surface area (TPSA) is 103 Å². The van der Waals surface area contributed by atoms with Crippen LogP contribution in [0.2, 0.25) is 0 Å². The van der Waals surface area contributed by atoms with E-state index in [1.807, 2.05) is 4.57 Å². The van der Waals surface area contributed by atoms with Gasteiger partial charge in [0.2, 0.25) is 5.95 Å². The minimum absolute atomic E-state index is 0.0850. The van der Waals surface area contributed by atoms with E-state index in [-0.39, 0.29) is 17.6 Å². The monoisotopic (exact) mass is 380 g/mol. The van der Waals surface area contributed by atoms with Crippen molar-refractivity contribution in [3.63, 3.8) is 0 Å². The molecule has 1 fully saturated rings. The van der Waals surface area contributed by atoms with E-state index >= 15 is 0 Å². The summed E-state index contributed by atoms with van der Waals surface area (Å²) in [5, 5.41) is 3.32. The zero-order chi connectivity index (χ0) is 19.5. The average Bonchev–Trinajstić information content (AvgIpc) is 3.10. The molecule has 0 bridgehead atoms. The highest BCUT2D eigenvalue weighted by Crippen LogP contribution is 2.22. The van der Waals surface area contributed by atoms with Crippen molar-refractivity contribution in [2.75, 3.05) is 31.1 Å². The lowest BCUT2D eigenvalue weighted by molar-refractivity contribution is 0.385. The lowest BCUT2D eigenvalue weighted by Gasteiger charge is -2.28. The molecule has 0 aromatic carbocycles. The van der Waals surface area contributed by atoms with E-state index in [4.69, 9.17) is 4.74 Å². The summed E-state index contributed by atoms with van der Waals surface area (Å²) in [4.78, 5) is 32.3. The fourth-order valence-electron chi connectivity index (χ4n) is 3.05. The van der Waals surface area contributed by atoms with Crippen LogP contribution in [-0.2, 0) is 13.6 Å². The second kappa shape index (κ2) is 7.66. The van der Waals surface area contributed by atoms with Gasteiger partial charge in [-0.1, -0.05) is 5.92 Å². The van der Waals surface area contributed by atoms with Gasteiger partial charge in [-0.15, -0.1) is 5.92 Å². The van der Waals surface area contributed by atoms with Crippen molar-refractivity contribution >= 4 is 17.1 Å². The number of ether oxygens (including phenoxy) is 1. The first-order chi connectivity index (χ1) is 13.7. The Morgan fingerprint density at radius 1 is 1.21 bits per heavy atom. The molecule has 0 aliphatic carbocycles. The van der Waals surface area contributed by atoms with Gasteiger partial charge in [-0.2, -0.15) is 9.97 Å². The van der Waals surface area contributed by atoms with Gasteiger partial charge in [0.1, 0.15) is 0 Å². The fourth-order valence-corrected chi connectivity index (χ4v) is 3.05. The maximum atomic E-state index is 13.1. The summed E-state index contributed by atoms with van der Waals surface area (Å²) < 4.78 is 8.76. The molecule has 1 N–H and O–H groups in total. The molecule has 0 atom stereocenters. The summed E-state index contributed by atoms with van der Waals surface area (Å²) >= 11 is 0. The lowest BCUT2D eigenvalue weighted by Crippen LogP contribution is -2.44. The van der Waals surface area contributed by atoms with Crippen LogP contribution in [0.4, 0.5) is 5.95 Å². The number of hydrogen-bond donors (Lipinski definition) is 1. The number of rotatable bonds is 4. The SMILES string of the molecule is CC#CCn1c(N2CCNCC2)nc2nc(Oc3ncccn3)n(C)c(=O)c21. The Balaban J connectivity index is 1.85. The van der Waals surface area contributed by atoms with Crippen LogP contribution >= 0.6 is 0 Å². The van der Waals surface area contributed by atoms with Crippen molar-refractivity contribution in [3.05, 3.63) is 28.8 Å². The third kappa shape index (κ3) is 3.27. The highest BCUT2D eigenvalue weighted by Gasteiger charge is 2.23. The maximum Gasteiger partial charge on any atom is 0.324 e. The highest BCUT2D eigenvalue weighted by atomic mass is 16.5. The van der Waals surface area contributed by atoms with Crippen molar-refractivity contribution in [1.82, 2.24) is 34.4 Å². The molecule has 1 aliphatic heterocycles. The van der Waals surface area contributed by atoms with Gasteiger partial charge in [-0.05, 0) is 13.0 Å². The van der Waals surface area contributed by atoms with Crippen LogP contribution in [0.3, 0.4) is 0 Å². The van der Waals surface area contributed by atoms with Gasteiger partial charge in [-0.25, -0.2) is 9.97 Å². The number of anilines is 1. The van der Waals surface area contributed by atoms with Gasteiger partial charge in [-0.3, -0.25) is 13.9 Å². The molecule has 0 amide bonds. The Morgan fingerprint density at radius 3 is 2.68 bits per heavy atom. The first kappa shape index (κ1) is 17.9. The number of nitrogens with one attached hydrogen (secondary N) is 1. The van der Waals surface area contributed by atoms with E-state index in [0.29, 0.717) is 23.7 Å². The third-order valence-corrected chi connectivity index (χ3v) is 4.46. The molecule has 0 radical (unpaired) electrons. The van der Waals surface area contributed by atoms with E-state index in [0.717, 1.165) is 26.2 Å². The second-order valence-corrected chi connectivity index (χ2v) is 6.23. The Labute approximate surface area is 161 Å². The number of nitrogens with zero attached hydrogens (tertiary/aromatic N) is 7. The molecular weight excluding hydrogens is 360 g/mol. The predicted octanol–water partition coefficient (Wildman–Crippen LogP) is 0.145. The Bertz CT molecular complexity index is 1100. The zero-order valence-electron chi connectivity index (χ0n) is 15.7. The molecule has 28 heavy (non-hydrogen) atoms. The molecule has 0 saturated carbocycles. The van der Waals surface area contributed by atoms with Crippen molar-refractivity contribution in [3.8, 4) is 23.9 Å². The molecule has 4 rings (SSSR count). The fraction of sp³-hybridized carbons (Fsp3) is 0.389. The Morgan fingerprint density at radius 2 is 1.96 bits per heavy atom. The van der Waals surface area contributed by atoms with Crippen LogP contribution in [0.5, 0.6) is 12.0 Å². The van der Waals surface area contributed by atoms with Gasteiger partial charge in [0, 0.05) is 45.6 Å². The zero-order valence-corrected chi connectivity index (χ0v) is 15.7. The quantitative estimate of drug-likeness (QED) is 0.638. The highest BCUT2D eigenvalue weighted by molar-refractivity contribution is 5.74. The van der Waals surface area contributed by atoms with E-state index in [2.05, 4.69) is 42.0 Å². The number of imidazole rings is 1. The minimum Gasteiger partial charge on any atom is -0.390 e. The van der Waals surface area contributed by atoms with Crippen LogP contribution in [0.15, 0.2) is 23.3 Å². The first-order valence-electron chi connectivity index (χ1n) is 8.96. The molecule has 144 valence electrons. The van der Waals surface area contributed by atoms with Gasteiger partial charge in [0.25, 0.3) is 5.56 Å². The molecule has 1 aliphatic rings. The van der Waals surface area contributed by atoms with Gasteiger partial charge in [0.15, 0.2) is 11.2 Å². The molecule has 1 saturated heterocycles. The van der Waals surface area contributed by atoms with Crippen LogP contribution in [0.1, 0.15) is 6.92 Å². The second-order valence-electron chi connectivity index (χ2n) is 6.23.